The first-order chi connectivity index (χ1) is 14.5. The molecule has 6 heteroatoms. The summed E-state index contributed by atoms with van der Waals surface area (Å²) in [5.74, 6) is 0.562. The predicted molar refractivity (Wildman–Crippen MR) is 119 cm³/mol. The number of methoxy groups -OCH3 is 3. The number of benzene rings is 2. The van der Waals surface area contributed by atoms with Crippen LogP contribution in [-0.4, -0.2) is 39.4 Å². The van der Waals surface area contributed by atoms with Gasteiger partial charge in [-0.15, -0.1) is 0 Å². The molecule has 0 bridgehead atoms. The Labute approximate surface area is 177 Å². The zero-order valence-electron chi connectivity index (χ0n) is 18.5. The molecule has 1 aromatic heterocycles. The second kappa shape index (κ2) is 9.30. The Morgan fingerprint density at radius 3 is 2.13 bits per heavy atom. The zero-order valence-corrected chi connectivity index (χ0v) is 18.5. The molecular weight excluding hydrogens is 383 g/mol. The van der Waals surface area contributed by atoms with E-state index < -0.39 is 5.82 Å². The molecule has 1 heterocycles. The van der Waals surface area contributed by atoms with Crippen LogP contribution in [-0.2, 0) is 11.3 Å². The first kappa shape index (κ1) is 21.8. The van der Waals surface area contributed by atoms with Crippen LogP contribution in [0.15, 0.2) is 30.3 Å². The van der Waals surface area contributed by atoms with Crippen LogP contribution in [0.2, 0.25) is 0 Å². The SMILES string of the molecule is CCN(CC)c1ccc(C)c2nc(-c3c(OC)cc(COC)cc3OC)c(F)cc12. The van der Waals surface area contributed by atoms with Crippen molar-refractivity contribution in [1.29, 1.82) is 0 Å². The second-order valence-electron chi connectivity index (χ2n) is 7.10. The molecule has 160 valence electrons. The van der Waals surface area contributed by atoms with Gasteiger partial charge in [0.25, 0.3) is 0 Å². The van der Waals surface area contributed by atoms with E-state index in [2.05, 4.69) is 18.7 Å². The van der Waals surface area contributed by atoms with Crippen LogP contribution in [0.3, 0.4) is 0 Å². The Morgan fingerprint density at radius 2 is 1.60 bits per heavy atom. The molecule has 30 heavy (non-hydrogen) atoms. The number of pyridine rings is 1. The minimum absolute atomic E-state index is 0.208. The summed E-state index contributed by atoms with van der Waals surface area (Å²) in [5.41, 5.74) is 4.30. The van der Waals surface area contributed by atoms with Crippen LogP contribution in [0.1, 0.15) is 25.0 Å². The Hall–Kier alpha value is -2.86. The van der Waals surface area contributed by atoms with Crippen molar-refractivity contribution in [2.75, 3.05) is 39.3 Å². The molecule has 0 spiro atoms. The molecule has 0 amide bonds. The van der Waals surface area contributed by atoms with Crippen molar-refractivity contribution in [2.24, 2.45) is 0 Å². The average Bonchev–Trinajstić information content (AvgIpc) is 2.75. The third kappa shape index (κ3) is 3.92. The topological polar surface area (TPSA) is 43.8 Å². The van der Waals surface area contributed by atoms with Gasteiger partial charge in [-0.25, -0.2) is 9.37 Å². The van der Waals surface area contributed by atoms with E-state index in [0.717, 1.165) is 40.8 Å². The largest absolute Gasteiger partial charge is 0.496 e. The smallest absolute Gasteiger partial charge is 0.150 e. The van der Waals surface area contributed by atoms with E-state index in [0.29, 0.717) is 23.7 Å². The summed E-state index contributed by atoms with van der Waals surface area (Å²) in [7, 11) is 4.72. The molecule has 5 nitrogen and oxygen atoms in total. The molecule has 0 fully saturated rings. The number of ether oxygens (including phenoxy) is 3. The fourth-order valence-corrected chi connectivity index (χ4v) is 3.82. The number of hydrogen-bond acceptors (Lipinski definition) is 5. The highest BCUT2D eigenvalue weighted by Crippen LogP contribution is 2.42. The minimum atomic E-state index is -0.419. The summed E-state index contributed by atoms with van der Waals surface area (Å²) < 4.78 is 31.8. The number of halogens is 1. The molecule has 0 N–H and O–H groups in total. The first-order valence-corrected chi connectivity index (χ1v) is 10.1. The van der Waals surface area contributed by atoms with Crippen molar-refractivity contribution >= 4 is 16.6 Å². The number of aromatic nitrogens is 1. The van der Waals surface area contributed by atoms with Crippen LogP contribution >= 0.6 is 0 Å². The third-order valence-electron chi connectivity index (χ3n) is 5.33. The summed E-state index contributed by atoms with van der Waals surface area (Å²) in [5, 5.41) is 0.800. The standard InChI is InChI=1S/C24H29FN2O3/c1-7-27(8-2)19-10-9-15(3)23-17(19)13-18(25)24(26-23)22-20(29-5)11-16(14-28-4)12-21(22)30-6/h9-13H,7-8,14H2,1-6H3. The molecule has 0 radical (unpaired) electrons. The van der Waals surface area contributed by atoms with Crippen molar-refractivity contribution in [2.45, 2.75) is 27.4 Å². The van der Waals surface area contributed by atoms with Gasteiger partial charge in [-0.3, -0.25) is 0 Å². The van der Waals surface area contributed by atoms with Gasteiger partial charge >= 0.3 is 0 Å². The fraction of sp³-hybridized carbons (Fsp3) is 0.375. The summed E-state index contributed by atoms with van der Waals surface area (Å²) in [6, 6.07) is 9.28. The lowest BCUT2D eigenvalue weighted by atomic mass is 10.0. The maximum atomic E-state index is 15.5. The zero-order chi connectivity index (χ0) is 21.8. The number of fused-ring (bicyclic) bond motifs is 1. The molecule has 0 atom stereocenters. The van der Waals surface area contributed by atoms with Gasteiger partial charge in [0, 0.05) is 31.3 Å². The van der Waals surface area contributed by atoms with E-state index in [9.17, 15) is 0 Å². The van der Waals surface area contributed by atoms with Gasteiger partial charge in [0.1, 0.15) is 23.0 Å². The maximum absolute atomic E-state index is 15.5. The molecule has 3 rings (SSSR count). The van der Waals surface area contributed by atoms with E-state index in [1.165, 1.54) is 0 Å². The maximum Gasteiger partial charge on any atom is 0.150 e. The van der Waals surface area contributed by atoms with E-state index in [4.69, 9.17) is 19.2 Å². The van der Waals surface area contributed by atoms with Crippen molar-refractivity contribution in [1.82, 2.24) is 4.98 Å². The third-order valence-corrected chi connectivity index (χ3v) is 5.33. The molecule has 0 aliphatic rings. The van der Waals surface area contributed by atoms with E-state index in [1.54, 1.807) is 27.4 Å². The number of aryl methyl sites for hydroxylation is 1. The van der Waals surface area contributed by atoms with Gasteiger partial charge in [0.05, 0.1) is 31.9 Å². The van der Waals surface area contributed by atoms with Gasteiger partial charge in [0.2, 0.25) is 0 Å². The van der Waals surface area contributed by atoms with Gasteiger partial charge in [0.15, 0.2) is 0 Å². The molecule has 0 saturated heterocycles. The average molecular weight is 413 g/mol. The summed E-state index contributed by atoms with van der Waals surface area (Å²) in [4.78, 5) is 6.95. The van der Waals surface area contributed by atoms with Crippen LogP contribution < -0.4 is 14.4 Å². The highest BCUT2D eigenvalue weighted by Gasteiger charge is 2.22. The van der Waals surface area contributed by atoms with Gasteiger partial charge in [-0.2, -0.15) is 0 Å². The Morgan fingerprint density at radius 1 is 0.967 bits per heavy atom. The first-order valence-electron chi connectivity index (χ1n) is 10.1. The predicted octanol–water partition coefficient (Wildman–Crippen LogP) is 5.36. The second-order valence-corrected chi connectivity index (χ2v) is 7.10. The molecular formula is C24H29FN2O3. The van der Waals surface area contributed by atoms with Crippen LogP contribution in [0.25, 0.3) is 22.2 Å². The van der Waals surface area contributed by atoms with Crippen molar-refractivity contribution in [3.63, 3.8) is 0 Å². The van der Waals surface area contributed by atoms with Crippen LogP contribution in [0.5, 0.6) is 11.5 Å². The van der Waals surface area contributed by atoms with Gasteiger partial charge in [-0.1, -0.05) is 6.07 Å². The number of nitrogens with zero attached hydrogens (tertiary/aromatic N) is 2. The monoisotopic (exact) mass is 412 g/mol. The number of hydrogen-bond donors (Lipinski definition) is 0. The molecule has 0 unspecified atom stereocenters. The van der Waals surface area contributed by atoms with Gasteiger partial charge < -0.3 is 19.1 Å². The highest BCUT2D eigenvalue weighted by atomic mass is 19.1. The molecule has 0 aliphatic heterocycles. The van der Waals surface area contributed by atoms with Crippen molar-refractivity contribution in [3.8, 4) is 22.8 Å². The lowest BCUT2D eigenvalue weighted by molar-refractivity contribution is 0.184. The lowest BCUT2D eigenvalue weighted by Gasteiger charge is -2.24. The quantitative estimate of drug-likeness (QED) is 0.498. The highest BCUT2D eigenvalue weighted by molar-refractivity contribution is 5.96. The van der Waals surface area contributed by atoms with Gasteiger partial charge in [-0.05, 0) is 56.2 Å². The number of rotatable bonds is 8. The summed E-state index contributed by atoms with van der Waals surface area (Å²) in [6.07, 6.45) is 0. The van der Waals surface area contributed by atoms with Crippen LogP contribution in [0, 0.1) is 12.7 Å². The van der Waals surface area contributed by atoms with E-state index in [1.807, 2.05) is 31.2 Å². The molecule has 0 saturated carbocycles. The van der Waals surface area contributed by atoms with Crippen molar-refractivity contribution < 1.29 is 18.6 Å². The fourth-order valence-electron chi connectivity index (χ4n) is 3.82. The Kier molecular flexibility index (Phi) is 6.77. The van der Waals surface area contributed by atoms with Crippen LogP contribution in [0.4, 0.5) is 10.1 Å². The number of anilines is 1. The minimum Gasteiger partial charge on any atom is -0.496 e. The lowest BCUT2D eigenvalue weighted by Crippen LogP contribution is -2.22. The van der Waals surface area contributed by atoms with Crippen molar-refractivity contribution in [3.05, 3.63) is 47.3 Å². The normalized spacial score (nSPS) is 11.0. The molecule has 3 aromatic rings. The van der Waals surface area contributed by atoms with E-state index in [-0.39, 0.29) is 5.69 Å². The molecule has 0 aliphatic carbocycles. The summed E-state index contributed by atoms with van der Waals surface area (Å²) in [6.45, 7) is 8.22. The molecule has 2 aromatic carbocycles. The Balaban J connectivity index is 2.30. The summed E-state index contributed by atoms with van der Waals surface area (Å²) >= 11 is 0. The Bertz CT molecular complexity index is 1020. The van der Waals surface area contributed by atoms with E-state index >= 15 is 4.39 Å².